The molecule has 0 aliphatic carbocycles. The number of carbonyl (C=O) groups is 2. The second-order valence-electron chi connectivity index (χ2n) is 8.05. The van der Waals surface area contributed by atoms with Crippen LogP contribution in [0.3, 0.4) is 0 Å². The first-order chi connectivity index (χ1) is 13.5. The van der Waals surface area contributed by atoms with Gasteiger partial charge in [0.15, 0.2) is 5.82 Å². The van der Waals surface area contributed by atoms with Crippen LogP contribution in [0.25, 0.3) is 11.0 Å². The molecule has 156 valence electrons. The molecule has 1 saturated heterocycles. The highest BCUT2D eigenvalue weighted by atomic mass is 35.5. The number of halogens is 1. The quantitative estimate of drug-likeness (QED) is 0.814. The maximum Gasteiger partial charge on any atom is 0.410 e. The highest BCUT2D eigenvalue weighted by molar-refractivity contribution is 6.31. The molecule has 0 unspecified atom stereocenters. The fourth-order valence-corrected chi connectivity index (χ4v) is 3.30. The van der Waals surface area contributed by atoms with Gasteiger partial charge in [-0.25, -0.2) is 14.8 Å². The van der Waals surface area contributed by atoms with E-state index in [9.17, 15) is 9.59 Å². The molecule has 3 heterocycles. The van der Waals surface area contributed by atoms with E-state index in [1.807, 2.05) is 25.7 Å². The predicted molar refractivity (Wildman–Crippen MR) is 111 cm³/mol. The molecule has 1 fully saturated rings. The largest absolute Gasteiger partial charge is 0.444 e. The molecule has 1 N–H and O–H groups in total. The smallest absolute Gasteiger partial charge is 0.410 e. The standard InChI is InChI=1S/C19H25ClN6O3/c1-11(27)22-17-23-14-8-12(20)9-21-15(14)16(24-17)26-7-6-13(10-26)25(5)18(28)29-19(2,3)4/h8-9,13H,6-7,10H2,1-5H3,(H,22,23,24,27)/t13-/m1/s1. The van der Waals surface area contributed by atoms with Crippen molar-refractivity contribution in [1.29, 1.82) is 0 Å². The van der Waals surface area contributed by atoms with Gasteiger partial charge in [-0.05, 0) is 33.3 Å². The minimum absolute atomic E-state index is 0.0358. The lowest BCUT2D eigenvalue weighted by Gasteiger charge is -2.28. The second kappa shape index (κ2) is 7.98. The van der Waals surface area contributed by atoms with Crippen molar-refractivity contribution in [2.75, 3.05) is 30.4 Å². The fourth-order valence-electron chi connectivity index (χ4n) is 3.15. The molecule has 1 atom stereocenters. The first-order valence-corrected chi connectivity index (χ1v) is 9.73. The maximum absolute atomic E-state index is 12.4. The summed E-state index contributed by atoms with van der Waals surface area (Å²) in [7, 11) is 1.74. The van der Waals surface area contributed by atoms with Crippen LogP contribution in [-0.2, 0) is 9.53 Å². The van der Waals surface area contributed by atoms with Crippen molar-refractivity contribution < 1.29 is 14.3 Å². The zero-order valence-electron chi connectivity index (χ0n) is 17.2. The summed E-state index contributed by atoms with van der Waals surface area (Å²) in [4.78, 5) is 40.7. The number of fused-ring (bicyclic) bond motifs is 1. The number of nitrogens with one attached hydrogen (secondary N) is 1. The normalized spacial score (nSPS) is 16.8. The van der Waals surface area contributed by atoms with Gasteiger partial charge in [0.2, 0.25) is 11.9 Å². The Kier molecular flexibility index (Phi) is 5.79. The van der Waals surface area contributed by atoms with Crippen molar-refractivity contribution in [3.05, 3.63) is 17.3 Å². The third-order valence-corrected chi connectivity index (χ3v) is 4.67. The summed E-state index contributed by atoms with van der Waals surface area (Å²) in [5, 5.41) is 3.06. The van der Waals surface area contributed by atoms with E-state index >= 15 is 0 Å². The molecular formula is C19H25ClN6O3. The van der Waals surface area contributed by atoms with Gasteiger partial charge in [-0.2, -0.15) is 4.98 Å². The van der Waals surface area contributed by atoms with Crippen LogP contribution in [0.5, 0.6) is 0 Å². The number of hydrogen-bond donors (Lipinski definition) is 1. The van der Waals surface area contributed by atoms with Crippen LogP contribution in [-0.4, -0.2) is 63.6 Å². The topological polar surface area (TPSA) is 101 Å². The van der Waals surface area contributed by atoms with Gasteiger partial charge < -0.3 is 14.5 Å². The number of pyridine rings is 1. The van der Waals surface area contributed by atoms with E-state index in [-0.39, 0.29) is 24.0 Å². The highest BCUT2D eigenvalue weighted by Crippen LogP contribution is 2.29. The zero-order valence-corrected chi connectivity index (χ0v) is 17.9. The summed E-state index contributed by atoms with van der Waals surface area (Å²) in [6.45, 7) is 8.15. The Bertz CT molecular complexity index is 945. The monoisotopic (exact) mass is 420 g/mol. The summed E-state index contributed by atoms with van der Waals surface area (Å²) >= 11 is 6.06. The fraction of sp³-hybridized carbons (Fsp3) is 0.526. The maximum atomic E-state index is 12.4. The van der Waals surface area contributed by atoms with E-state index in [1.165, 1.54) is 13.1 Å². The van der Waals surface area contributed by atoms with Crippen molar-refractivity contribution in [1.82, 2.24) is 19.9 Å². The van der Waals surface area contributed by atoms with Crippen LogP contribution in [0.2, 0.25) is 5.02 Å². The number of amides is 2. The van der Waals surface area contributed by atoms with Gasteiger partial charge >= 0.3 is 6.09 Å². The van der Waals surface area contributed by atoms with Crippen LogP contribution in [0.15, 0.2) is 12.3 Å². The summed E-state index contributed by atoms with van der Waals surface area (Å²) in [5.41, 5.74) is 0.572. The first-order valence-electron chi connectivity index (χ1n) is 9.35. The number of rotatable bonds is 3. The molecule has 1 aliphatic heterocycles. The number of ether oxygens (including phenoxy) is 1. The third kappa shape index (κ3) is 5.03. The lowest BCUT2D eigenvalue weighted by atomic mass is 10.2. The predicted octanol–water partition coefficient (Wildman–Crippen LogP) is 3.08. The molecule has 2 aromatic rings. The van der Waals surface area contributed by atoms with Crippen molar-refractivity contribution in [2.24, 2.45) is 0 Å². The average molecular weight is 421 g/mol. The third-order valence-electron chi connectivity index (χ3n) is 4.46. The van der Waals surface area contributed by atoms with Gasteiger partial charge in [0.1, 0.15) is 11.1 Å². The van der Waals surface area contributed by atoms with Gasteiger partial charge in [0.25, 0.3) is 0 Å². The molecule has 2 aromatic heterocycles. The molecule has 10 heteroatoms. The molecule has 1 aliphatic rings. The molecule has 0 aromatic carbocycles. The number of aromatic nitrogens is 3. The Balaban J connectivity index is 1.87. The Labute approximate surface area is 174 Å². The Morgan fingerprint density at radius 3 is 2.72 bits per heavy atom. The Morgan fingerprint density at radius 2 is 2.07 bits per heavy atom. The number of hydrogen-bond acceptors (Lipinski definition) is 7. The van der Waals surface area contributed by atoms with E-state index in [4.69, 9.17) is 16.3 Å². The van der Waals surface area contributed by atoms with Crippen LogP contribution in [0, 0.1) is 0 Å². The zero-order chi connectivity index (χ0) is 21.3. The molecular weight excluding hydrogens is 396 g/mol. The molecule has 0 radical (unpaired) electrons. The Morgan fingerprint density at radius 1 is 1.34 bits per heavy atom. The SMILES string of the molecule is CC(=O)Nc1nc(N2CC[C@@H](N(C)C(=O)OC(C)(C)C)C2)c2ncc(Cl)cc2n1. The molecule has 9 nitrogen and oxygen atoms in total. The molecule has 0 saturated carbocycles. The summed E-state index contributed by atoms with van der Waals surface area (Å²) in [5.74, 6) is 0.512. The van der Waals surface area contributed by atoms with E-state index in [1.54, 1.807) is 18.0 Å². The molecule has 2 amide bonds. The summed E-state index contributed by atoms with van der Waals surface area (Å²) < 4.78 is 5.47. The summed E-state index contributed by atoms with van der Waals surface area (Å²) in [6.07, 6.45) is 1.93. The van der Waals surface area contributed by atoms with Gasteiger partial charge in [-0.15, -0.1) is 0 Å². The van der Waals surface area contributed by atoms with Crippen LogP contribution in [0.1, 0.15) is 34.1 Å². The minimum Gasteiger partial charge on any atom is -0.444 e. The van der Waals surface area contributed by atoms with Crippen LogP contribution in [0.4, 0.5) is 16.6 Å². The van der Waals surface area contributed by atoms with E-state index < -0.39 is 5.60 Å². The second-order valence-corrected chi connectivity index (χ2v) is 8.49. The number of likely N-dealkylation sites (N-methyl/N-ethyl adjacent to an activating group) is 1. The summed E-state index contributed by atoms with van der Waals surface area (Å²) in [6, 6.07) is 1.65. The molecule has 3 rings (SSSR count). The first kappa shape index (κ1) is 21.0. The molecule has 0 bridgehead atoms. The average Bonchev–Trinajstić information content (AvgIpc) is 3.07. The minimum atomic E-state index is -0.553. The van der Waals surface area contributed by atoms with E-state index in [0.717, 1.165) is 6.42 Å². The molecule has 29 heavy (non-hydrogen) atoms. The van der Waals surface area contributed by atoms with Gasteiger partial charge in [0, 0.05) is 33.3 Å². The van der Waals surface area contributed by atoms with Gasteiger partial charge in [0.05, 0.1) is 16.6 Å². The number of nitrogens with zero attached hydrogens (tertiary/aromatic N) is 5. The number of anilines is 2. The van der Waals surface area contributed by atoms with Gasteiger partial charge in [-0.3, -0.25) is 10.1 Å². The lowest BCUT2D eigenvalue weighted by molar-refractivity contribution is -0.114. The van der Waals surface area contributed by atoms with Crippen molar-refractivity contribution >= 4 is 46.4 Å². The van der Waals surface area contributed by atoms with Crippen LogP contribution >= 0.6 is 11.6 Å². The van der Waals surface area contributed by atoms with Crippen molar-refractivity contribution in [3.63, 3.8) is 0 Å². The molecule has 0 spiro atoms. The van der Waals surface area contributed by atoms with Gasteiger partial charge in [-0.1, -0.05) is 11.6 Å². The highest BCUT2D eigenvalue weighted by Gasteiger charge is 2.32. The Hall–Kier alpha value is -2.68. The van der Waals surface area contributed by atoms with E-state index in [2.05, 4.69) is 20.3 Å². The lowest BCUT2D eigenvalue weighted by Crippen LogP contribution is -2.42. The van der Waals surface area contributed by atoms with Crippen LogP contribution < -0.4 is 10.2 Å². The van der Waals surface area contributed by atoms with Crippen molar-refractivity contribution in [3.8, 4) is 0 Å². The van der Waals surface area contributed by atoms with E-state index in [0.29, 0.717) is 35.0 Å². The van der Waals surface area contributed by atoms with Crippen molar-refractivity contribution in [2.45, 2.75) is 45.8 Å². The number of carbonyl (C=O) groups excluding carboxylic acids is 2.